The molecule has 0 radical (unpaired) electrons. The van der Waals surface area contributed by atoms with E-state index in [2.05, 4.69) is 45.0 Å². The molecule has 216 valence electrons. The smallest absolute Gasteiger partial charge is 0.417 e. The third kappa shape index (κ3) is 6.60. The number of likely N-dealkylation sites (tertiary alicyclic amines) is 1. The van der Waals surface area contributed by atoms with E-state index in [-0.39, 0.29) is 18.1 Å². The van der Waals surface area contributed by atoms with Gasteiger partial charge in [0.05, 0.1) is 18.2 Å². The van der Waals surface area contributed by atoms with Crippen molar-refractivity contribution < 1.29 is 28.3 Å². The van der Waals surface area contributed by atoms with Crippen molar-refractivity contribution in [2.24, 2.45) is 0 Å². The van der Waals surface area contributed by atoms with E-state index >= 15 is 0 Å². The Kier molecular flexibility index (Phi) is 8.85. The van der Waals surface area contributed by atoms with Crippen LogP contribution in [-0.2, 0) is 18.7 Å². The molecule has 1 heterocycles. The van der Waals surface area contributed by atoms with Gasteiger partial charge in [-0.3, -0.25) is 4.79 Å². The molecule has 1 fully saturated rings. The van der Waals surface area contributed by atoms with Gasteiger partial charge in [-0.25, -0.2) is 14.5 Å². The highest BCUT2D eigenvalue weighted by Crippen LogP contribution is 2.38. The third-order valence-corrected chi connectivity index (χ3v) is 12.1. The summed E-state index contributed by atoms with van der Waals surface area (Å²) < 4.78 is 18.3. The van der Waals surface area contributed by atoms with Crippen LogP contribution in [0.1, 0.15) is 58.3 Å². The number of esters is 1. The maximum atomic E-state index is 13.6. The Hall–Kier alpha value is -3.75. The molecule has 0 N–H and O–H groups in total. The zero-order valence-electron chi connectivity index (χ0n) is 24.6. The topological polar surface area (TPSA) is 82.1 Å². The largest absolute Gasteiger partial charge is 0.449 e. The molecule has 1 saturated heterocycles. The van der Waals surface area contributed by atoms with Crippen molar-refractivity contribution in [1.29, 1.82) is 0 Å². The molecule has 0 spiro atoms. The van der Waals surface area contributed by atoms with Crippen molar-refractivity contribution in [1.82, 2.24) is 4.90 Å². The molecule has 1 aliphatic rings. The van der Waals surface area contributed by atoms with Gasteiger partial charge in [-0.05, 0) is 48.3 Å². The van der Waals surface area contributed by atoms with Crippen LogP contribution in [0.5, 0.6) is 0 Å². The molecule has 3 aromatic rings. The molecular formula is C33H39NO6Si. The predicted octanol–water partition coefficient (Wildman–Crippen LogP) is 5.32. The molecule has 8 heteroatoms. The van der Waals surface area contributed by atoms with Gasteiger partial charge in [0.2, 0.25) is 0 Å². The SMILES string of the molecule is CC(C)(C)OC(=O)N1C(=O)[C@@H](OC(=O)c2ccccc2)C[C@H]1CO[Si](c1ccccc1)(c1ccccc1)C(C)(C)C. The van der Waals surface area contributed by atoms with E-state index in [1.54, 1.807) is 51.1 Å². The van der Waals surface area contributed by atoms with Gasteiger partial charge in [-0.1, -0.05) is 99.6 Å². The lowest BCUT2D eigenvalue weighted by atomic mass is 10.2. The van der Waals surface area contributed by atoms with E-state index in [4.69, 9.17) is 13.9 Å². The number of benzene rings is 3. The molecule has 0 aliphatic carbocycles. The number of ether oxygens (including phenoxy) is 2. The number of amides is 2. The Morgan fingerprint density at radius 3 is 1.76 bits per heavy atom. The Morgan fingerprint density at radius 2 is 1.29 bits per heavy atom. The number of nitrogens with zero attached hydrogens (tertiary/aromatic N) is 1. The summed E-state index contributed by atoms with van der Waals surface area (Å²) in [6, 6.07) is 28.1. The molecule has 1 aliphatic heterocycles. The molecule has 0 saturated carbocycles. The van der Waals surface area contributed by atoms with E-state index in [0.29, 0.717) is 5.56 Å². The maximum absolute atomic E-state index is 13.6. The Bertz CT molecular complexity index is 1310. The van der Waals surface area contributed by atoms with Crippen LogP contribution >= 0.6 is 0 Å². The molecule has 41 heavy (non-hydrogen) atoms. The highest BCUT2D eigenvalue weighted by molar-refractivity contribution is 6.99. The fourth-order valence-electron chi connectivity index (χ4n) is 5.33. The summed E-state index contributed by atoms with van der Waals surface area (Å²) in [6.07, 6.45) is -1.81. The van der Waals surface area contributed by atoms with Crippen LogP contribution in [0.15, 0.2) is 91.0 Å². The van der Waals surface area contributed by atoms with E-state index in [1.165, 1.54) is 0 Å². The van der Waals surface area contributed by atoms with Crippen molar-refractivity contribution in [3.8, 4) is 0 Å². The zero-order chi connectivity index (χ0) is 29.8. The zero-order valence-corrected chi connectivity index (χ0v) is 25.6. The van der Waals surface area contributed by atoms with Gasteiger partial charge < -0.3 is 13.9 Å². The van der Waals surface area contributed by atoms with Gasteiger partial charge in [0.1, 0.15) is 5.60 Å². The minimum absolute atomic E-state index is 0.0671. The number of carbonyl (C=O) groups is 3. The van der Waals surface area contributed by atoms with Crippen LogP contribution in [0.25, 0.3) is 0 Å². The standard InChI is InChI=1S/C33H39NO6Si/c1-32(2,3)40-31(37)34-25(22-28(29(34)35)39-30(36)24-16-10-7-11-17-24)23-38-41(33(4,5)6,26-18-12-8-13-19-26)27-20-14-9-15-21-27/h7-21,25,28H,22-23H2,1-6H3/t25-,28-/m0/s1. The average molecular weight is 574 g/mol. The molecule has 0 aromatic heterocycles. The first-order chi connectivity index (χ1) is 19.3. The normalized spacial score (nSPS) is 17.8. The minimum Gasteiger partial charge on any atom is -0.449 e. The van der Waals surface area contributed by atoms with Gasteiger partial charge in [0, 0.05) is 6.42 Å². The van der Waals surface area contributed by atoms with Crippen molar-refractivity contribution in [3.05, 3.63) is 96.6 Å². The fraction of sp³-hybridized carbons (Fsp3) is 0.364. The van der Waals surface area contributed by atoms with Crippen LogP contribution in [0.3, 0.4) is 0 Å². The van der Waals surface area contributed by atoms with Crippen molar-refractivity contribution in [2.75, 3.05) is 6.61 Å². The molecule has 2 amide bonds. The maximum Gasteiger partial charge on any atom is 0.417 e. The second-order valence-corrected chi connectivity index (χ2v) is 16.6. The Morgan fingerprint density at radius 1 is 0.805 bits per heavy atom. The number of carbonyl (C=O) groups excluding carboxylic acids is 3. The fourth-order valence-corrected chi connectivity index (χ4v) is 9.93. The summed E-state index contributed by atoms with van der Waals surface area (Å²) in [5.41, 5.74) is -0.490. The third-order valence-electron chi connectivity index (χ3n) is 7.12. The van der Waals surface area contributed by atoms with Crippen LogP contribution in [0.2, 0.25) is 5.04 Å². The average Bonchev–Trinajstić information content (AvgIpc) is 3.23. The summed E-state index contributed by atoms with van der Waals surface area (Å²) in [5.74, 6) is -1.23. The second kappa shape index (κ2) is 12.0. The highest BCUT2D eigenvalue weighted by Gasteiger charge is 2.53. The molecule has 7 nitrogen and oxygen atoms in total. The van der Waals surface area contributed by atoms with Gasteiger partial charge in [-0.15, -0.1) is 0 Å². The summed E-state index contributed by atoms with van der Waals surface area (Å²) in [4.78, 5) is 40.8. The first-order valence-corrected chi connectivity index (χ1v) is 15.8. The molecule has 2 atom stereocenters. The molecule has 4 rings (SSSR count). The lowest BCUT2D eigenvalue weighted by Crippen LogP contribution is -2.67. The van der Waals surface area contributed by atoms with Gasteiger partial charge in [-0.2, -0.15) is 0 Å². The number of imide groups is 1. The van der Waals surface area contributed by atoms with E-state index in [0.717, 1.165) is 15.3 Å². The summed E-state index contributed by atoms with van der Waals surface area (Å²) >= 11 is 0. The lowest BCUT2D eigenvalue weighted by molar-refractivity contribution is -0.135. The van der Waals surface area contributed by atoms with Crippen LogP contribution in [0.4, 0.5) is 4.79 Å². The predicted molar refractivity (Wildman–Crippen MR) is 161 cm³/mol. The van der Waals surface area contributed by atoms with E-state index < -0.39 is 44.0 Å². The molecule has 0 unspecified atom stereocenters. The van der Waals surface area contributed by atoms with Gasteiger partial charge in [0.15, 0.2) is 6.10 Å². The molecule has 3 aromatic carbocycles. The number of rotatable bonds is 7. The van der Waals surface area contributed by atoms with Crippen LogP contribution in [0, 0.1) is 0 Å². The Labute approximate surface area is 243 Å². The summed E-state index contributed by atoms with van der Waals surface area (Å²) in [5, 5.41) is 1.87. The second-order valence-electron chi connectivity index (χ2n) is 12.3. The summed E-state index contributed by atoms with van der Waals surface area (Å²) in [7, 11) is -2.95. The van der Waals surface area contributed by atoms with Crippen molar-refractivity contribution in [3.63, 3.8) is 0 Å². The van der Waals surface area contributed by atoms with E-state index in [9.17, 15) is 14.4 Å². The quantitative estimate of drug-likeness (QED) is 0.281. The van der Waals surface area contributed by atoms with E-state index in [1.807, 2.05) is 36.4 Å². The highest BCUT2D eigenvalue weighted by atomic mass is 28.4. The van der Waals surface area contributed by atoms with Crippen molar-refractivity contribution >= 4 is 36.7 Å². The monoisotopic (exact) mass is 573 g/mol. The lowest BCUT2D eigenvalue weighted by Gasteiger charge is -2.43. The van der Waals surface area contributed by atoms with Crippen LogP contribution in [-0.4, -0.2) is 55.5 Å². The minimum atomic E-state index is -2.95. The molecular weight excluding hydrogens is 534 g/mol. The van der Waals surface area contributed by atoms with Gasteiger partial charge >= 0.3 is 12.1 Å². The number of hydrogen-bond acceptors (Lipinski definition) is 6. The Balaban J connectivity index is 1.69. The van der Waals surface area contributed by atoms with Crippen molar-refractivity contribution in [2.45, 2.75) is 70.7 Å². The molecule has 0 bridgehead atoms. The van der Waals surface area contributed by atoms with Crippen LogP contribution < -0.4 is 10.4 Å². The number of hydrogen-bond donors (Lipinski definition) is 0. The summed E-state index contributed by atoms with van der Waals surface area (Å²) in [6.45, 7) is 11.8. The van der Waals surface area contributed by atoms with Gasteiger partial charge in [0.25, 0.3) is 14.2 Å². The first-order valence-electron chi connectivity index (χ1n) is 13.9. The first kappa shape index (κ1) is 30.2.